The van der Waals surface area contributed by atoms with Gasteiger partial charge in [0.15, 0.2) is 5.78 Å². The fourth-order valence-corrected chi connectivity index (χ4v) is 4.97. The van der Waals surface area contributed by atoms with Gasteiger partial charge < -0.3 is 0 Å². The van der Waals surface area contributed by atoms with Crippen molar-refractivity contribution < 1.29 is 4.79 Å². The van der Waals surface area contributed by atoms with E-state index in [4.69, 9.17) is 0 Å². The fraction of sp³-hybridized carbons (Fsp3) is 0.192. The monoisotopic (exact) mass is 350 g/mol. The van der Waals surface area contributed by atoms with E-state index in [2.05, 4.69) is 62.4 Å². The first kappa shape index (κ1) is 16.3. The molecular formula is C26H22O. The van der Waals surface area contributed by atoms with Crippen LogP contribution in [-0.4, -0.2) is 5.78 Å². The highest BCUT2D eigenvalue weighted by molar-refractivity contribution is 6.14. The fourth-order valence-electron chi connectivity index (χ4n) is 4.97. The van der Waals surface area contributed by atoms with Gasteiger partial charge in [0, 0.05) is 5.56 Å². The topological polar surface area (TPSA) is 17.1 Å². The number of rotatable bonds is 2. The van der Waals surface area contributed by atoms with Gasteiger partial charge in [0.25, 0.3) is 0 Å². The summed E-state index contributed by atoms with van der Waals surface area (Å²) in [4.78, 5) is 13.3. The average molecular weight is 350 g/mol. The maximum absolute atomic E-state index is 13.3. The van der Waals surface area contributed by atoms with Gasteiger partial charge in [-0.2, -0.15) is 0 Å². The molecule has 132 valence electrons. The molecule has 0 fully saturated rings. The summed E-state index contributed by atoms with van der Waals surface area (Å²) >= 11 is 0. The minimum absolute atomic E-state index is 0.0694. The number of hydrogen-bond donors (Lipinski definition) is 0. The molecule has 0 amide bonds. The highest BCUT2D eigenvalue weighted by Crippen LogP contribution is 2.47. The zero-order chi connectivity index (χ0) is 18.5. The number of fused-ring (bicyclic) bond motifs is 2. The molecule has 0 saturated heterocycles. The minimum atomic E-state index is -0.0694. The van der Waals surface area contributed by atoms with Gasteiger partial charge in [-0.25, -0.2) is 0 Å². The number of carbonyl (C=O) groups is 1. The molecule has 3 aromatic rings. The molecule has 0 aromatic heterocycles. The van der Waals surface area contributed by atoms with Crippen LogP contribution in [0.1, 0.15) is 43.7 Å². The van der Waals surface area contributed by atoms with Crippen LogP contribution in [0.3, 0.4) is 0 Å². The number of aryl methyl sites for hydroxylation is 2. The van der Waals surface area contributed by atoms with E-state index in [1.54, 1.807) is 0 Å². The molecule has 0 saturated carbocycles. The number of allylic oxidation sites excluding steroid dienone is 2. The average Bonchev–Trinajstić information content (AvgIpc) is 3.20. The predicted molar refractivity (Wildman–Crippen MR) is 111 cm³/mol. The number of benzene rings is 3. The number of ketones is 1. The van der Waals surface area contributed by atoms with Crippen molar-refractivity contribution >= 4 is 16.9 Å². The van der Waals surface area contributed by atoms with Crippen molar-refractivity contribution in [1.82, 2.24) is 0 Å². The van der Waals surface area contributed by atoms with Crippen molar-refractivity contribution in [2.75, 3.05) is 0 Å². The number of hydrogen-bond acceptors (Lipinski definition) is 1. The van der Waals surface area contributed by atoms with E-state index in [1.807, 2.05) is 18.2 Å². The van der Waals surface area contributed by atoms with Crippen molar-refractivity contribution in [1.29, 1.82) is 0 Å². The summed E-state index contributed by atoms with van der Waals surface area (Å²) in [6.07, 6.45) is 1.73. The molecule has 1 unspecified atom stereocenters. The van der Waals surface area contributed by atoms with Crippen LogP contribution in [0, 0.1) is 19.8 Å². The van der Waals surface area contributed by atoms with Crippen LogP contribution < -0.4 is 0 Å². The summed E-state index contributed by atoms with van der Waals surface area (Å²) in [6, 6.07) is 23.2. The second-order valence-electron chi connectivity index (χ2n) is 7.77. The van der Waals surface area contributed by atoms with Gasteiger partial charge in [0.1, 0.15) is 0 Å². The lowest BCUT2D eigenvalue weighted by atomic mass is 9.85. The van der Waals surface area contributed by atoms with E-state index in [1.165, 1.54) is 44.5 Å². The van der Waals surface area contributed by atoms with E-state index < -0.39 is 0 Å². The Labute approximate surface area is 160 Å². The molecule has 1 nitrogen and oxygen atoms in total. The van der Waals surface area contributed by atoms with Gasteiger partial charge in [-0.15, -0.1) is 0 Å². The van der Waals surface area contributed by atoms with E-state index >= 15 is 0 Å². The van der Waals surface area contributed by atoms with Gasteiger partial charge in [-0.1, -0.05) is 66.7 Å². The van der Waals surface area contributed by atoms with E-state index in [0.29, 0.717) is 0 Å². The molecule has 0 spiro atoms. The molecule has 0 aliphatic heterocycles. The van der Waals surface area contributed by atoms with Crippen molar-refractivity contribution in [3.63, 3.8) is 0 Å². The molecule has 0 radical (unpaired) electrons. The SMILES string of the molecule is Cc1cccc(C)c1C1=C(C2Cc3ccccc3C2=O)c2ccccc2C1. The normalized spacial score (nSPS) is 18.0. The largest absolute Gasteiger partial charge is 0.293 e. The Morgan fingerprint density at radius 1 is 0.741 bits per heavy atom. The maximum atomic E-state index is 13.3. The molecule has 5 rings (SSSR count). The lowest BCUT2D eigenvalue weighted by Gasteiger charge is -2.18. The molecule has 0 heterocycles. The lowest BCUT2D eigenvalue weighted by Crippen LogP contribution is -2.12. The Morgan fingerprint density at radius 3 is 2.07 bits per heavy atom. The molecule has 0 N–H and O–H groups in total. The summed E-state index contributed by atoms with van der Waals surface area (Å²) in [5.74, 6) is 0.209. The highest BCUT2D eigenvalue weighted by atomic mass is 16.1. The van der Waals surface area contributed by atoms with E-state index in [9.17, 15) is 4.79 Å². The standard InChI is InChI=1S/C26H22O/c1-16-8-7-9-17(2)24(16)22-14-18-10-3-5-12-20(18)25(22)23-15-19-11-4-6-13-21(19)26(23)27/h3-13,23H,14-15H2,1-2H3. The third-order valence-electron chi connectivity index (χ3n) is 6.15. The first-order valence-electron chi connectivity index (χ1n) is 9.65. The molecule has 1 atom stereocenters. The third kappa shape index (κ3) is 2.42. The Bertz CT molecular complexity index is 1100. The zero-order valence-corrected chi connectivity index (χ0v) is 15.8. The zero-order valence-electron chi connectivity index (χ0n) is 15.8. The van der Waals surface area contributed by atoms with Crippen LogP contribution in [-0.2, 0) is 12.8 Å². The maximum Gasteiger partial charge on any atom is 0.170 e. The van der Waals surface area contributed by atoms with Crippen molar-refractivity contribution in [3.8, 4) is 0 Å². The van der Waals surface area contributed by atoms with Crippen LogP contribution in [0.15, 0.2) is 66.7 Å². The van der Waals surface area contributed by atoms with E-state index in [-0.39, 0.29) is 11.7 Å². The molecule has 0 bridgehead atoms. The van der Waals surface area contributed by atoms with E-state index in [0.717, 1.165) is 18.4 Å². The van der Waals surface area contributed by atoms with Crippen LogP contribution in [0.5, 0.6) is 0 Å². The highest BCUT2D eigenvalue weighted by Gasteiger charge is 2.38. The van der Waals surface area contributed by atoms with Crippen LogP contribution in [0.4, 0.5) is 0 Å². The molecule has 3 aromatic carbocycles. The summed E-state index contributed by atoms with van der Waals surface area (Å²) in [5, 5.41) is 0. The van der Waals surface area contributed by atoms with Crippen LogP contribution in [0.2, 0.25) is 0 Å². The quantitative estimate of drug-likeness (QED) is 0.569. The molecule has 2 aliphatic carbocycles. The first-order chi connectivity index (χ1) is 13.1. The van der Waals surface area contributed by atoms with Gasteiger partial charge in [0.2, 0.25) is 0 Å². The van der Waals surface area contributed by atoms with Gasteiger partial charge in [0.05, 0.1) is 5.92 Å². The van der Waals surface area contributed by atoms with Crippen molar-refractivity contribution in [3.05, 3.63) is 106 Å². The molecule has 1 heteroatoms. The Morgan fingerprint density at radius 2 is 1.37 bits per heavy atom. The number of Topliss-reactive ketones (excluding diaryl/α,β-unsaturated/α-hetero) is 1. The molecule has 2 aliphatic rings. The minimum Gasteiger partial charge on any atom is -0.293 e. The number of carbonyl (C=O) groups excluding carboxylic acids is 1. The Balaban J connectivity index is 1.74. The molecule has 27 heavy (non-hydrogen) atoms. The van der Waals surface area contributed by atoms with Crippen LogP contribution in [0.25, 0.3) is 11.1 Å². The predicted octanol–water partition coefficient (Wildman–Crippen LogP) is 5.83. The molecular weight excluding hydrogens is 328 g/mol. The van der Waals surface area contributed by atoms with Gasteiger partial charge in [-0.3, -0.25) is 4.79 Å². The second-order valence-corrected chi connectivity index (χ2v) is 7.77. The van der Waals surface area contributed by atoms with Crippen molar-refractivity contribution in [2.24, 2.45) is 5.92 Å². The summed E-state index contributed by atoms with van der Waals surface area (Å²) in [5.41, 5.74) is 11.2. The van der Waals surface area contributed by atoms with Gasteiger partial charge in [-0.05, 0) is 71.2 Å². The first-order valence-corrected chi connectivity index (χ1v) is 9.65. The summed E-state index contributed by atoms with van der Waals surface area (Å²) in [6.45, 7) is 4.36. The second kappa shape index (κ2) is 6.06. The Hall–Kier alpha value is -2.93. The van der Waals surface area contributed by atoms with Crippen LogP contribution >= 0.6 is 0 Å². The van der Waals surface area contributed by atoms with Crippen molar-refractivity contribution in [2.45, 2.75) is 26.7 Å². The smallest absolute Gasteiger partial charge is 0.170 e. The summed E-state index contributed by atoms with van der Waals surface area (Å²) < 4.78 is 0. The summed E-state index contributed by atoms with van der Waals surface area (Å²) in [7, 11) is 0. The van der Waals surface area contributed by atoms with Gasteiger partial charge >= 0.3 is 0 Å². The Kier molecular flexibility index (Phi) is 3.65. The lowest BCUT2D eigenvalue weighted by molar-refractivity contribution is 0.0964. The third-order valence-corrected chi connectivity index (χ3v) is 6.15.